The highest BCUT2D eigenvalue weighted by Gasteiger charge is 2.27. The third-order valence-corrected chi connectivity index (χ3v) is 4.55. The molecule has 1 fully saturated rings. The molecule has 19 heavy (non-hydrogen) atoms. The smallest absolute Gasteiger partial charge is 0.177 e. The number of hydrogen-bond acceptors (Lipinski definition) is 2. The number of ether oxygens (including phenoxy) is 2. The fourth-order valence-corrected chi connectivity index (χ4v) is 3.24. The van der Waals surface area contributed by atoms with E-state index in [1.54, 1.807) is 0 Å². The first-order valence-electron chi connectivity index (χ1n) is 7.94. The van der Waals surface area contributed by atoms with Crippen LogP contribution in [0.4, 0.5) is 0 Å². The summed E-state index contributed by atoms with van der Waals surface area (Å²) < 4.78 is 11.1. The lowest BCUT2D eigenvalue weighted by Crippen LogP contribution is -2.24. The third-order valence-electron chi connectivity index (χ3n) is 4.07. The Kier molecular flexibility index (Phi) is 7.26. The Morgan fingerprint density at radius 1 is 0.895 bits per heavy atom. The molecule has 2 rings (SSSR count). The standard InChI is InChI=1S/C16H27ClO2/c17-15(16-18-12-13-19-16)14-10-8-6-4-2-1-3-5-7-9-11-14/h10,15-16H,1-9,11-13H2/b14-10+. The average molecular weight is 287 g/mol. The van der Waals surface area contributed by atoms with Crippen LogP contribution in [0.15, 0.2) is 11.6 Å². The van der Waals surface area contributed by atoms with Crippen molar-refractivity contribution in [1.82, 2.24) is 0 Å². The highest BCUT2D eigenvalue weighted by molar-refractivity contribution is 6.22. The highest BCUT2D eigenvalue weighted by Crippen LogP contribution is 2.26. The molecule has 1 heterocycles. The zero-order valence-corrected chi connectivity index (χ0v) is 12.7. The maximum absolute atomic E-state index is 6.54. The van der Waals surface area contributed by atoms with E-state index in [9.17, 15) is 0 Å². The minimum absolute atomic E-state index is 0.0922. The van der Waals surface area contributed by atoms with E-state index in [2.05, 4.69) is 6.08 Å². The molecule has 0 spiro atoms. The van der Waals surface area contributed by atoms with Gasteiger partial charge in [-0.2, -0.15) is 0 Å². The first kappa shape index (κ1) is 15.3. The molecule has 0 amide bonds. The van der Waals surface area contributed by atoms with Gasteiger partial charge in [0.05, 0.1) is 13.2 Å². The van der Waals surface area contributed by atoms with Crippen molar-refractivity contribution in [2.24, 2.45) is 0 Å². The van der Waals surface area contributed by atoms with Crippen molar-refractivity contribution >= 4 is 11.6 Å². The normalized spacial score (nSPS) is 29.0. The second kappa shape index (κ2) is 8.99. The molecule has 1 saturated heterocycles. The Balaban J connectivity index is 1.88. The number of halogens is 1. The fraction of sp³-hybridized carbons (Fsp3) is 0.875. The van der Waals surface area contributed by atoms with Crippen molar-refractivity contribution in [1.29, 1.82) is 0 Å². The molecule has 0 saturated carbocycles. The monoisotopic (exact) mass is 286 g/mol. The lowest BCUT2D eigenvalue weighted by atomic mass is 9.98. The van der Waals surface area contributed by atoms with Crippen LogP contribution in [0.2, 0.25) is 0 Å². The van der Waals surface area contributed by atoms with Crippen molar-refractivity contribution in [3.63, 3.8) is 0 Å². The Labute approximate surface area is 122 Å². The minimum atomic E-state index is -0.221. The molecule has 3 heteroatoms. The molecule has 110 valence electrons. The third kappa shape index (κ3) is 5.45. The molecule has 0 aromatic carbocycles. The Hall–Kier alpha value is -0.0500. The van der Waals surface area contributed by atoms with Gasteiger partial charge in [-0.15, -0.1) is 11.6 Å². The quantitative estimate of drug-likeness (QED) is 0.536. The molecule has 1 aliphatic carbocycles. The van der Waals surface area contributed by atoms with Crippen LogP contribution in [0.5, 0.6) is 0 Å². The number of allylic oxidation sites excluding steroid dienone is 1. The summed E-state index contributed by atoms with van der Waals surface area (Å²) in [7, 11) is 0. The van der Waals surface area contributed by atoms with Crippen LogP contribution in [0.25, 0.3) is 0 Å². The Morgan fingerprint density at radius 3 is 2.16 bits per heavy atom. The van der Waals surface area contributed by atoms with Crippen molar-refractivity contribution in [3.8, 4) is 0 Å². The average Bonchev–Trinajstić information content (AvgIpc) is 2.92. The summed E-state index contributed by atoms with van der Waals surface area (Å²) >= 11 is 6.54. The van der Waals surface area contributed by atoms with Crippen LogP contribution < -0.4 is 0 Å². The minimum Gasteiger partial charge on any atom is -0.348 e. The van der Waals surface area contributed by atoms with E-state index < -0.39 is 0 Å². The molecule has 2 nitrogen and oxygen atoms in total. The molecule has 1 aliphatic heterocycles. The first-order valence-corrected chi connectivity index (χ1v) is 8.38. The largest absolute Gasteiger partial charge is 0.348 e. The van der Waals surface area contributed by atoms with Crippen molar-refractivity contribution in [3.05, 3.63) is 11.6 Å². The lowest BCUT2D eigenvalue weighted by Gasteiger charge is -2.20. The lowest BCUT2D eigenvalue weighted by molar-refractivity contribution is -0.0376. The van der Waals surface area contributed by atoms with Gasteiger partial charge in [-0.3, -0.25) is 0 Å². The van der Waals surface area contributed by atoms with E-state index in [1.807, 2.05) is 0 Å². The summed E-state index contributed by atoms with van der Waals surface area (Å²) in [5.41, 5.74) is 1.34. The highest BCUT2D eigenvalue weighted by atomic mass is 35.5. The molecule has 1 unspecified atom stereocenters. The molecule has 1 atom stereocenters. The molecule has 2 aliphatic rings. The molecule has 0 N–H and O–H groups in total. The maximum Gasteiger partial charge on any atom is 0.177 e. The molecular formula is C16H27ClO2. The van der Waals surface area contributed by atoms with Crippen molar-refractivity contribution in [2.75, 3.05) is 13.2 Å². The zero-order valence-electron chi connectivity index (χ0n) is 11.9. The molecule has 0 radical (unpaired) electrons. The molecule has 0 bridgehead atoms. The van der Waals surface area contributed by atoms with Gasteiger partial charge in [0.1, 0.15) is 5.38 Å². The van der Waals surface area contributed by atoms with E-state index in [1.165, 1.54) is 56.9 Å². The van der Waals surface area contributed by atoms with Crippen LogP contribution in [-0.2, 0) is 9.47 Å². The summed E-state index contributed by atoms with van der Waals surface area (Å²) in [4.78, 5) is 0. The zero-order chi connectivity index (χ0) is 13.3. The number of rotatable bonds is 2. The van der Waals surface area contributed by atoms with Crippen LogP contribution in [0.1, 0.15) is 64.2 Å². The maximum atomic E-state index is 6.54. The van der Waals surface area contributed by atoms with Gasteiger partial charge < -0.3 is 9.47 Å². The van der Waals surface area contributed by atoms with Gasteiger partial charge in [-0.05, 0) is 25.7 Å². The van der Waals surface area contributed by atoms with E-state index in [0.717, 1.165) is 12.8 Å². The van der Waals surface area contributed by atoms with Crippen LogP contribution >= 0.6 is 11.6 Å². The molecule has 0 aromatic rings. The SMILES string of the molecule is ClC(/C1=C/CCCCCCCCCC1)C1OCCO1. The van der Waals surface area contributed by atoms with Gasteiger partial charge in [0.2, 0.25) is 0 Å². The molecular weight excluding hydrogens is 260 g/mol. The van der Waals surface area contributed by atoms with Gasteiger partial charge in [-0.1, -0.05) is 50.2 Å². The summed E-state index contributed by atoms with van der Waals surface area (Å²) in [6.07, 6.45) is 15.2. The molecule has 0 aromatic heterocycles. The van der Waals surface area contributed by atoms with Crippen LogP contribution in [-0.4, -0.2) is 24.9 Å². The van der Waals surface area contributed by atoms with Gasteiger partial charge in [0, 0.05) is 0 Å². The fourth-order valence-electron chi connectivity index (χ4n) is 2.89. The topological polar surface area (TPSA) is 18.5 Å². The van der Waals surface area contributed by atoms with Gasteiger partial charge in [0.15, 0.2) is 6.29 Å². The predicted molar refractivity (Wildman–Crippen MR) is 79.6 cm³/mol. The van der Waals surface area contributed by atoms with E-state index in [-0.39, 0.29) is 11.7 Å². The van der Waals surface area contributed by atoms with Gasteiger partial charge >= 0.3 is 0 Å². The van der Waals surface area contributed by atoms with E-state index in [0.29, 0.717) is 13.2 Å². The number of hydrogen-bond donors (Lipinski definition) is 0. The predicted octanol–water partition coefficient (Wildman–Crippen LogP) is 4.81. The van der Waals surface area contributed by atoms with Crippen LogP contribution in [0.3, 0.4) is 0 Å². The van der Waals surface area contributed by atoms with E-state index in [4.69, 9.17) is 21.1 Å². The van der Waals surface area contributed by atoms with Crippen LogP contribution in [0, 0.1) is 0 Å². The first-order chi connectivity index (χ1) is 9.38. The second-order valence-corrected chi connectivity index (χ2v) is 6.13. The summed E-state index contributed by atoms with van der Waals surface area (Å²) in [5.74, 6) is 0. The van der Waals surface area contributed by atoms with E-state index >= 15 is 0 Å². The van der Waals surface area contributed by atoms with Gasteiger partial charge in [-0.25, -0.2) is 0 Å². The van der Waals surface area contributed by atoms with Crippen molar-refractivity contribution < 1.29 is 9.47 Å². The second-order valence-electron chi connectivity index (χ2n) is 5.66. The summed E-state index contributed by atoms with van der Waals surface area (Å²) in [6, 6.07) is 0. The Bertz CT molecular complexity index is 272. The van der Waals surface area contributed by atoms with Crippen molar-refractivity contribution in [2.45, 2.75) is 75.9 Å². The summed E-state index contributed by atoms with van der Waals surface area (Å²) in [5, 5.41) is -0.0922. The Morgan fingerprint density at radius 2 is 1.47 bits per heavy atom. The summed E-state index contributed by atoms with van der Waals surface area (Å²) in [6.45, 7) is 1.36. The number of alkyl halides is 1. The van der Waals surface area contributed by atoms with Gasteiger partial charge in [0.25, 0.3) is 0 Å².